The predicted octanol–water partition coefficient (Wildman–Crippen LogP) is 4.57. The van der Waals surface area contributed by atoms with Crippen molar-refractivity contribution in [2.45, 2.75) is 84.0 Å². The van der Waals surface area contributed by atoms with E-state index in [1.54, 1.807) is 35.5 Å². The average Bonchev–Trinajstić information content (AvgIpc) is 4.10. The lowest BCUT2D eigenvalue weighted by atomic mass is 9.49. The first-order valence-electron chi connectivity index (χ1n) is 28.4. The number of nitrogens with zero attached hydrogens (tertiary/aromatic N) is 8. The van der Waals surface area contributed by atoms with Crippen LogP contribution < -0.4 is 20.1 Å². The number of aliphatic carboxylic acids is 2. The van der Waals surface area contributed by atoms with Gasteiger partial charge in [-0.15, -0.1) is 0 Å². The highest BCUT2D eigenvalue weighted by atomic mass is 17.1. The number of hydrogen-bond acceptors (Lipinski definition) is 15. The van der Waals surface area contributed by atoms with Crippen molar-refractivity contribution < 1.29 is 53.7 Å². The zero-order valence-electron chi connectivity index (χ0n) is 48.0. The first-order chi connectivity index (χ1) is 37.8. The number of ether oxygens (including phenoxy) is 2. The molecular weight excluding hydrogens is 1010 g/mol. The summed E-state index contributed by atoms with van der Waals surface area (Å²) in [5, 5.41) is 40.3. The second-order valence-corrected chi connectivity index (χ2v) is 23.3. The Morgan fingerprint density at radius 1 is 0.759 bits per heavy atom. The Morgan fingerprint density at radius 3 is 1.82 bits per heavy atom. The first-order valence-corrected chi connectivity index (χ1v) is 28.4. The summed E-state index contributed by atoms with van der Waals surface area (Å²) < 4.78 is 13.6. The molecule has 79 heavy (non-hydrogen) atoms. The molecule has 5 N–H and O–H groups in total. The van der Waals surface area contributed by atoms with Crippen molar-refractivity contribution >= 4 is 36.6 Å². The van der Waals surface area contributed by atoms with E-state index in [1.165, 1.54) is 6.42 Å². The monoisotopic (exact) mass is 1100 g/mol. The predicted molar refractivity (Wildman–Crippen MR) is 302 cm³/mol. The number of rotatable bonds is 25. The summed E-state index contributed by atoms with van der Waals surface area (Å²) in [5.74, 6) is 0.888. The standard InChI is InChI=1S/C57H87BN10O11/c1-39(2)45-33-42(14-15-47(45)68-48(54-49(77-7)12-9-13-50(54)78-8)34-46(61-68)55(74)60-57(3)43-29-40-28-41(31-43)32-44(57)30-40)56(75)67(19-11-17-62(5)6)18-10-16-59-51(69)35-63-20-21-64(36-52(70)71)22-23-65(37-53(72)73)25-27-66(26-24-63)38-58(4)79-76/h9,12-15,33-34,39-41,43-44,76H,10-11,16-32,35-38H2,1-8H3,(H,59,69)(H,60,74)(H,70,71)(H,72,73). The van der Waals surface area contributed by atoms with Gasteiger partial charge < -0.3 is 49.8 Å². The maximum absolute atomic E-state index is 14.8. The molecule has 4 bridgehead atoms. The first kappa shape index (κ1) is 61.0. The second-order valence-electron chi connectivity index (χ2n) is 23.3. The van der Waals surface area contributed by atoms with E-state index in [1.807, 2.05) is 66.4 Å². The molecule has 0 atom stereocenters. The minimum absolute atomic E-state index is 0.0524. The van der Waals surface area contributed by atoms with Crippen molar-refractivity contribution in [1.29, 1.82) is 0 Å². The Kier molecular flexibility index (Phi) is 21.8. The fourth-order valence-corrected chi connectivity index (χ4v) is 12.8. The van der Waals surface area contributed by atoms with Gasteiger partial charge in [0, 0.05) is 89.5 Å². The molecule has 22 heteroatoms. The van der Waals surface area contributed by atoms with Gasteiger partial charge in [0.2, 0.25) is 5.91 Å². The van der Waals surface area contributed by atoms with Crippen molar-refractivity contribution in [3.63, 3.8) is 0 Å². The fraction of sp³-hybridized carbons (Fsp3) is 0.649. The Hall–Kier alpha value is -5.62. The molecule has 0 radical (unpaired) electrons. The van der Waals surface area contributed by atoms with Gasteiger partial charge >= 0.3 is 18.9 Å². The van der Waals surface area contributed by atoms with E-state index in [0.29, 0.717) is 131 Å². The van der Waals surface area contributed by atoms with Crippen LogP contribution in [0.1, 0.15) is 98.0 Å². The number of amides is 3. The Balaban J connectivity index is 1.07. The zero-order chi connectivity index (χ0) is 57.0. The van der Waals surface area contributed by atoms with Crippen molar-refractivity contribution in [2.75, 3.05) is 133 Å². The molecule has 1 aromatic heterocycles. The molecule has 5 aliphatic rings. The maximum atomic E-state index is 14.8. The van der Waals surface area contributed by atoms with Gasteiger partial charge in [-0.05, 0) is 144 Å². The number of carboxylic acids is 2. The molecule has 4 saturated carbocycles. The van der Waals surface area contributed by atoms with Crippen molar-refractivity contribution in [3.05, 3.63) is 59.3 Å². The van der Waals surface area contributed by atoms with E-state index in [2.05, 4.69) is 46.0 Å². The van der Waals surface area contributed by atoms with Crippen LogP contribution in [-0.2, 0) is 19.2 Å². The van der Waals surface area contributed by atoms with Gasteiger partial charge in [0.1, 0.15) is 11.5 Å². The van der Waals surface area contributed by atoms with Crippen LogP contribution in [0.25, 0.3) is 16.9 Å². The summed E-state index contributed by atoms with van der Waals surface area (Å²) in [5.41, 5.74) is 3.31. The third kappa shape index (κ3) is 16.1. The lowest BCUT2D eigenvalue weighted by molar-refractivity contribution is -0.145. The lowest BCUT2D eigenvalue weighted by Crippen LogP contribution is -2.64. The number of benzene rings is 2. The van der Waals surface area contributed by atoms with Crippen LogP contribution >= 0.6 is 0 Å². The molecule has 1 saturated heterocycles. The van der Waals surface area contributed by atoms with Crippen LogP contribution in [0.4, 0.5) is 0 Å². The minimum atomic E-state index is -0.997. The Morgan fingerprint density at radius 2 is 1.30 bits per heavy atom. The van der Waals surface area contributed by atoms with Crippen LogP contribution in [0.2, 0.25) is 6.82 Å². The molecule has 3 amide bonds. The largest absolute Gasteiger partial charge is 0.496 e. The van der Waals surface area contributed by atoms with E-state index in [-0.39, 0.29) is 54.5 Å². The molecule has 1 aliphatic heterocycles. The highest BCUT2D eigenvalue weighted by Gasteiger charge is 2.55. The van der Waals surface area contributed by atoms with Gasteiger partial charge in [-0.1, -0.05) is 26.7 Å². The van der Waals surface area contributed by atoms with E-state index in [9.17, 15) is 39.4 Å². The van der Waals surface area contributed by atoms with Crippen molar-refractivity contribution in [3.8, 4) is 28.4 Å². The third-order valence-corrected chi connectivity index (χ3v) is 16.9. The van der Waals surface area contributed by atoms with Crippen LogP contribution in [-0.4, -0.2) is 230 Å². The number of hydrogen-bond donors (Lipinski definition) is 5. The van der Waals surface area contributed by atoms with Gasteiger partial charge in [0.25, 0.3) is 11.8 Å². The Bertz CT molecular complexity index is 2510. The molecule has 3 aromatic rings. The van der Waals surface area contributed by atoms with Crippen LogP contribution in [0.3, 0.4) is 0 Å². The van der Waals surface area contributed by atoms with E-state index in [4.69, 9.17) is 14.6 Å². The SMILES string of the molecule is COc1cccc(OC)c1-c1cc(C(=O)NC2(C)C3CC4CC(C3)CC2C4)nn1-c1ccc(C(=O)N(CCCNC(=O)CN2CCN(CB(C)OO)CCN(CC(=O)O)CCN(CC(=O)O)CC2)CCCN(C)C)cc1C(C)C. The van der Waals surface area contributed by atoms with Gasteiger partial charge in [0.15, 0.2) is 5.69 Å². The maximum Gasteiger partial charge on any atom is 0.350 e. The Labute approximate surface area is 466 Å². The number of methoxy groups -OCH3 is 2. The lowest BCUT2D eigenvalue weighted by Gasteiger charge is -2.60. The molecule has 5 fully saturated rings. The molecule has 0 unspecified atom stereocenters. The molecule has 21 nitrogen and oxygen atoms in total. The summed E-state index contributed by atoms with van der Waals surface area (Å²) in [6, 6.07) is 13.1. The highest BCUT2D eigenvalue weighted by Crippen LogP contribution is 2.58. The van der Waals surface area contributed by atoms with E-state index in [0.717, 1.165) is 56.0 Å². The molecule has 2 aromatic carbocycles. The van der Waals surface area contributed by atoms with Gasteiger partial charge in [0.05, 0.1) is 50.8 Å². The third-order valence-electron chi connectivity index (χ3n) is 16.9. The van der Waals surface area contributed by atoms with Gasteiger partial charge in [-0.2, -0.15) is 5.10 Å². The minimum Gasteiger partial charge on any atom is -0.496 e. The summed E-state index contributed by atoms with van der Waals surface area (Å²) in [4.78, 5) is 82.6. The summed E-state index contributed by atoms with van der Waals surface area (Å²) in [7, 11) is 7.21. The van der Waals surface area contributed by atoms with Crippen LogP contribution in [0.5, 0.6) is 11.5 Å². The topological polar surface area (TPSA) is 235 Å². The van der Waals surface area contributed by atoms with Crippen LogP contribution in [0, 0.1) is 23.7 Å². The van der Waals surface area contributed by atoms with Gasteiger partial charge in [-0.3, -0.25) is 43.9 Å². The normalized spacial score (nSPS) is 22.3. The molecule has 4 aliphatic carbocycles. The van der Waals surface area contributed by atoms with Crippen LogP contribution in [0.15, 0.2) is 42.5 Å². The highest BCUT2D eigenvalue weighted by molar-refractivity contribution is 6.50. The quantitative estimate of drug-likeness (QED) is 0.0339. The summed E-state index contributed by atoms with van der Waals surface area (Å²) in [6.07, 6.45) is 7.52. The molecule has 8 rings (SSSR count). The number of aromatic nitrogens is 2. The molecule has 434 valence electrons. The van der Waals surface area contributed by atoms with E-state index >= 15 is 0 Å². The average molecular weight is 1100 g/mol. The summed E-state index contributed by atoms with van der Waals surface area (Å²) >= 11 is 0. The van der Waals surface area contributed by atoms with Gasteiger partial charge in [-0.25, -0.2) is 4.68 Å². The fourth-order valence-electron chi connectivity index (χ4n) is 12.8. The number of carboxylic acid groups (broad SMARTS) is 2. The zero-order valence-corrected chi connectivity index (χ0v) is 48.0. The summed E-state index contributed by atoms with van der Waals surface area (Å²) in [6.45, 7) is 12.4. The number of carbonyl (C=O) groups is 5. The van der Waals surface area contributed by atoms with E-state index < -0.39 is 18.9 Å². The van der Waals surface area contributed by atoms with Crippen molar-refractivity contribution in [1.82, 2.24) is 49.8 Å². The second kappa shape index (κ2) is 28.2. The molecule has 2 heterocycles. The van der Waals surface area contributed by atoms with Crippen molar-refractivity contribution in [2.24, 2.45) is 23.7 Å². The molecular formula is C57H87BN10O11. The number of nitrogens with one attached hydrogen (secondary N) is 2. The smallest absolute Gasteiger partial charge is 0.350 e. The number of carbonyl (C=O) groups excluding carboxylic acids is 3. The molecule has 0 spiro atoms.